The maximum atomic E-state index is 13.5. The van der Waals surface area contributed by atoms with Crippen LogP contribution in [0.4, 0.5) is 0 Å². The average molecular weight is 420 g/mol. The molecule has 1 N–H and O–H groups in total. The number of halogens is 1. The van der Waals surface area contributed by atoms with Gasteiger partial charge in [-0.3, -0.25) is 4.79 Å². The molecule has 0 amide bonds. The third-order valence-corrected chi connectivity index (χ3v) is 6.54. The Bertz CT molecular complexity index is 1130. The number of hydrogen-bond donors (Lipinski definition) is 1. The first kappa shape index (κ1) is 20.4. The highest BCUT2D eigenvalue weighted by molar-refractivity contribution is 7.91. The molecular weight excluding hydrogens is 398 g/mol. The maximum absolute atomic E-state index is 13.5. The SMILES string of the molecule is CCOC(=O)CCc1[nH]c2ccc(Cl)cc2c1S(=O)(=O)c1cc(C)cc(C)c1. The van der Waals surface area contributed by atoms with Crippen molar-refractivity contribution in [3.05, 3.63) is 58.2 Å². The van der Waals surface area contributed by atoms with Crippen LogP contribution in [0.5, 0.6) is 0 Å². The molecule has 0 unspecified atom stereocenters. The smallest absolute Gasteiger partial charge is 0.306 e. The first-order valence-corrected chi connectivity index (χ1v) is 10.9. The highest BCUT2D eigenvalue weighted by atomic mass is 35.5. The van der Waals surface area contributed by atoms with E-state index in [1.807, 2.05) is 19.9 Å². The number of benzene rings is 2. The Balaban J connectivity index is 2.17. The van der Waals surface area contributed by atoms with Crippen LogP contribution in [0.1, 0.15) is 30.2 Å². The second kappa shape index (κ2) is 7.97. The van der Waals surface area contributed by atoms with E-state index in [1.165, 1.54) is 0 Å². The Labute approximate surface area is 169 Å². The Kier molecular flexibility index (Phi) is 5.82. The van der Waals surface area contributed by atoms with Crippen LogP contribution in [-0.4, -0.2) is 26.0 Å². The summed E-state index contributed by atoms with van der Waals surface area (Å²) in [6, 6.07) is 10.3. The second-order valence-corrected chi connectivity index (χ2v) is 9.08. The van der Waals surface area contributed by atoms with Crippen molar-refractivity contribution in [1.29, 1.82) is 0 Å². The van der Waals surface area contributed by atoms with Gasteiger partial charge in [0.05, 0.1) is 17.9 Å². The van der Waals surface area contributed by atoms with Crippen molar-refractivity contribution in [2.45, 2.75) is 43.4 Å². The van der Waals surface area contributed by atoms with Crippen molar-refractivity contribution in [3.8, 4) is 0 Å². The number of H-pyrrole nitrogens is 1. The Morgan fingerprint density at radius 3 is 2.43 bits per heavy atom. The third-order valence-electron chi connectivity index (χ3n) is 4.44. The zero-order valence-electron chi connectivity index (χ0n) is 16.0. The highest BCUT2D eigenvalue weighted by Crippen LogP contribution is 2.34. The number of sulfone groups is 1. The van der Waals surface area contributed by atoms with Crippen LogP contribution in [-0.2, 0) is 25.8 Å². The van der Waals surface area contributed by atoms with Crippen LogP contribution in [0.15, 0.2) is 46.2 Å². The van der Waals surface area contributed by atoms with Crippen molar-refractivity contribution < 1.29 is 17.9 Å². The third kappa shape index (κ3) is 4.08. The standard InChI is InChI=1S/C21H22ClNO4S/c1-4-27-20(24)8-7-19-21(17-12-15(22)5-6-18(17)23-19)28(25,26)16-10-13(2)9-14(3)11-16/h5-6,9-12,23H,4,7-8H2,1-3H3. The summed E-state index contributed by atoms with van der Waals surface area (Å²) in [5, 5.41) is 0.964. The van der Waals surface area contributed by atoms with E-state index in [4.69, 9.17) is 16.3 Å². The molecule has 28 heavy (non-hydrogen) atoms. The average Bonchev–Trinajstić information content (AvgIpc) is 2.97. The Morgan fingerprint density at radius 2 is 1.79 bits per heavy atom. The second-order valence-electron chi connectivity index (χ2n) is 6.75. The molecule has 0 atom stereocenters. The lowest BCUT2D eigenvalue weighted by Gasteiger charge is -2.09. The zero-order chi connectivity index (χ0) is 20.5. The molecule has 0 fully saturated rings. The summed E-state index contributed by atoms with van der Waals surface area (Å²) < 4.78 is 32.0. The van der Waals surface area contributed by atoms with E-state index in [0.717, 1.165) is 11.1 Å². The summed E-state index contributed by atoms with van der Waals surface area (Å²) in [7, 11) is -3.82. The van der Waals surface area contributed by atoms with Crippen LogP contribution in [0.3, 0.4) is 0 Å². The molecule has 0 saturated heterocycles. The van der Waals surface area contributed by atoms with Gasteiger partial charge in [-0.1, -0.05) is 17.7 Å². The van der Waals surface area contributed by atoms with Gasteiger partial charge in [0.25, 0.3) is 0 Å². The number of aromatic nitrogens is 1. The molecule has 0 aliphatic carbocycles. The molecule has 5 nitrogen and oxygen atoms in total. The minimum absolute atomic E-state index is 0.0871. The molecular formula is C21H22ClNO4S. The quantitative estimate of drug-likeness (QED) is 0.584. The molecule has 0 saturated carbocycles. The number of carbonyl (C=O) groups excluding carboxylic acids is 1. The number of aryl methyl sites for hydroxylation is 3. The van der Waals surface area contributed by atoms with Crippen molar-refractivity contribution in [2.24, 2.45) is 0 Å². The first-order valence-electron chi connectivity index (χ1n) is 9.01. The molecule has 1 aromatic heterocycles. The monoisotopic (exact) mass is 419 g/mol. The number of carbonyl (C=O) groups is 1. The van der Waals surface area contributed by atoms with Crippen molar-refractivity contribution >= 4 is 38.3 Å². The molecule has 148 valence electrons. The largest absolute Gasteiger partial charge is 0.466 e. The van der Waals surface area contributed by atoms with Crippen LogP contribution in [0.25, 0.3) is 10.9 Å². The van der Waals surface area contributed by atoms with Crippen molar-refractivity contribution in [3.63, 3.8) is 0 Å². The lowest BCUT2D eigenvalue weighted by atomic mass is 10.2. The number of fused-ring (bicyclic) bond motifs is 1. The minimum Gasteiger partial charge on any atom is -0.466 e. The van der Waals surface area contributed by atoms with Gasteiger partial charge < -0.3 is 9.72 Å². The lowest BCUT2D eigenvalue weighted by Crippen LogP contribution is -2.09. The molecule has 2 aromatic carbocycles. The van der Waals surface area contributed by atoms with Gasteiger partial charge in [0.1, 0.15) is 4.90 Å². The summed E-state index contributed by atoms with van der Waals surface area (Å²) in [5.41, 5.74) is 2.87. The molecule has 0 spiro atoms. The van der Waals surface area contributed by atoms with Crippen LogP contribution < -0.4 is 0 Å². The van der Waals surface area contributed by atoms with Gasteiger partial charge in [0.2, 0.25) is 9.84 Å². The lowest BCUT2D eigenvalue weighted by molar-refractivity contribution is -0.143. The summed E-state index contributed by atoms with van der Waals surface area (Å²) in [4.78, 5) is 15.3. The molecule has 0 aliphatic heterocycles. The molecule has 3 rings (SSSR count). The minimum atomic E-state index is -3.82. The number of nitrogens with one attached hydrogen (secondary N) is 1. The van der Waals surface area contributed by atoms with E-state index >= 15 is 0 Å². The fourth-order valence-corrected chi connectivity index (χ4v) is 5.37. The number of hydrogen-bond acceptors (Lipinski definition) is 4. The number of ether oxygens (including phenoxy) is 1. The molecule has 0 bridgehead atoms. The summed E-state index contributed by atoms with van der Waals surface area (Å²) >= 11 is 6.13. The van der Waals surface area contributed by atoms with Gasteiger partial charge in [-0.05, 0) is 68.7 Å². The summed E-state index contributed by atoms with van der Waals surface area (Å²) in [6.45, 7) is 5.74. The van der Waals surface area contributed by atoms with E-state index in [1.54, 1.807) is 37.3 Å². The van der Waals surface area contributed by atoms with Gasteiger partial charge in [0.15, 0.2) is 0 Å². The molecule has 7 heteroatoms. The van der Waals surface area contributed by atoms with E-state index in [2.05, 4.69) is 4.98 Å². The fourth-order valence-electron chi connectivity index (χ4n) is 3.34. The Hall–Kier alpha value is -2.31. The summed E-state index contributed by atoms with van der Waals surface area (Å²) in [5.74, 6) is -0.367. The predicted octanol–water partition coefficient (Wildman–Crippen LogP) is 4.77. The molecule has 1 heterocycles. The van der Waals surface area contributed by atoms with Crippen molar-refractivity contribution in [2.75, 3.05) is 6.61 Å². The number of esters is 1. The predicted molar refractivity (Wildman–Crippen MR) is 110 cm³/mol. The van der Waals surface area contributed by atoms with Crippen LogP contribution >= 0.6 is 11.6 Å². The van der Waals surface area contributed by atoms with Crippen LogP contribution in [0, 0.1) is 13.8 Å². The summed E-state index contributed by atoms with van der Waals surface area (Å²) in [6.07, 6.45) is 0.314. The zero-order valence-corrected chi connectivity index (χ0v) is 17.6. The molecule has 3 aromatic rings. The van der Waals surface area contributed by atoms with Gasteiger partial charge in [-0.15, -0.1) is 0 Å². The van der Waals surface area contributed by atoms with E-state index in [9.17, 15) is 13.2 Å². The highest BCUT2D eigenvalue weighted by Gasteiger charge is 2.27. The van der Waals surface area contributed by atoms with Crippen molar-refractivity contribution in [1.82, 2.24) is 4.98 Å². The normalized spacial score (nSPS) is 11.7. The molecule has 0 aliphatic rings. The number of rotatable bonds is 6. The van der Waals surface area contributed by atoms with Gasteiger partial charge >= 0.3 is 5.97 Å². The van der Waals surface area contributed by atoms with E-state index in [0.29, 0.717) is 21.6 Å². The van der Waals surface area contributed by atoms with Gasteiger partial charge in [-0.25, -0.2) is 8.42 Å². The van der Waals surface area contributed by atoms with Crippen LogP contribution in [0.2, 0.25) is 5.02 Å². The maximum Gasteiger partial charge on any atom is 0.306 e. The number of aromatic amines is 1. The van der Waals surface area contributed by atoms with E-state index < -0.39 is 9.84 Å². The molecule has 0 radical (unpaired) electrons. The fraction of sp³-hybridized carbons (Fsp3) is 0.286. The van der Waals surface area contributed by atoms with Gasteiger partial charge in [-0.2, -0.15) is 0 Å². The topological polar surface area (TPSA) is 76.2 Å². The van der Waals surface area contributed by atoms with Gasteiger partial charge in [0, 0.05) is 21.6 Å². The van der Waals surface area contributed by atoms with E-state index in [-0.39, 0.29) is 35.2 Å². The first-order chi connectivity index (χ1) is 13.2. The Morgan fingerprint density at radius 1 is 1.11 bits per heavy atom.